The zero-order chi connectivity index (χ0) is 17.1. The maximum Gasteiger partial charge on any atom is 0.315 e. The fourth-order valence-electron chi connectivity index (χ4n) is 3.04. The third-order valence-corrected chi connectivity index (χ3v) is 4.38. The molecule has 1 aromatic heterocycles. The zero-order valence-corrected chi connectivity index (χ0v) is 14.0. The number of fused-ring (bicyclic) bond motifs is 1. The predicted octanol–water partition coefficient (Wildman–Crippen LogP) is 2.50. The summed E-state index contributed by atoms with van der Waals surface area (Å²) in [6, 6.07) is 7.37. The third-order valence-electron chi connectivity index (χ3n) is 4.38. The van der Waals surface area contributed by atoms with Gasteiger partial charge in [-0.2, -0.15) is 0 Å². The lowest BCUT2D eigenvalue weighted by Gasteiger charge is -2.22. The summed E-state index contributed by atoms with van der Waals surface area (Å²) in [7, 11) is 0. The van der Waals surface area contributed by atoms with Crippen molar-refractivity contribution in [2.75, 3.05) is 6.61 Å². The normalized spacial score (nSPS) is 21.3. The van der Waals surface area contributed by atoms with Gasteiger partial charge >= 0.3 is 6.03 Å². The Bertz CT molecular complexity index is 704. The summed E-state index contributed by atoms with van der Waals surface area (Å²) in [5.74, 6) is 1.09. The summed E-state index contributed by atoms with van der Waals surface area (Å²) in [6.07, 6.45) is 4.62. The number of aromatic amines is 1. The van der Waals surface area contributed by atoms with Gasteiger partial charge in [-0.3, -0.25) is 0 Å². The van der Waals surface area contributed by atoms with Crippen molar-refractivity contribution in [1.29, 1.82) is 0 Å². The minimum atomic E-state index is -0.220. The number of amides is 2. The molecule has 2 aromatic rings. The molecule has 128 valence electrons. The molecule has 6 nitrogen and oxygen atoms in total. The second kappa shape index (κ2) is 7.05. The van der Waals surface area contributed by atoms with Crippen LogP contribution in [0.15, 0.2) is 36.4 Å². The molecule has 0 saturated heterocycles. The van der Waals surface area contributed by atoms with E-state index in [1.807, 2.05) is 36.4 Å². The number of benzene rings is 1. The third kappa shape index (κ3) is 3.59. The van der Waals surface area contributed by atoms with Gasteiger partial charge in [0.2, 0.25) is 0 Å². The minimum absolute atomic E-state index is 0.0364. The highest BCUT2D eigenvalue weighted by atomic mass is 16.3. The summed E-state index contributed by atoms with van der Waals surface area (Å²) >= 11 is 0. The lowest BCUT2D eigenvalue weighted by Crippen LogP contribution is -2.44. The Balaban J connectivity index is 1.67. The van der Waals surface area contributed by atoms with Crippen molar-refractivity contribution in [3.8, 4) is 0 Å². The molecule has 0 radical (unpaired) electrons. The van der Waals surface area contributed by atoms with Crippen molar-refractivity contribution in [2.24, 2.45) is 11.8 Å². The first-order valence-electron chi connectivity index (χ1n) is 8.37. The highest BCUT2D eigenvalue weighted by Gasteiger charge is 2.24. The number of aliphatic hydroxyl groups excluding tert-OH is 1. The smallest absolute Gasteiger partial charge is 0.315 e. The summed E-state index contributed by atoms with van der Waals surface area (Å²) < 4.78 is 0. The van der Waals surface area contributed by atoms with E-state index in [0.29, 0.717) is 0 Å². The second-order valence-corrected chi connectivity index (χ2v) is 6.65. The van der Waals surface area contributed by atoms with Gasteiger partial charge in [-0.15, -0.1) is 0 Å². The molecule has 4 N–H and O–H groups in total. The molecular weight excluding hydrogens is 304 g/mol. The number of para-hydroxylation sites is 2. The van der Waals surface area contributed by atoms with Crippen LogP contribution in [0.4, 0.5) is 4.79 Å². The van der Waals surface area contributed by atoms with Gasteiger partial charge in [0.25, 0.3) is 0 Å². The molecule has 3 atom stereocenters. The number of aromatic nitrogens is 2. The minimum Gasteiger partial charge on any atom is -0.396 e. The van der Waals surface area contributed by atoms with E-state index in [1.54, 1.807) is 0 Å². The maximum atomic E-state index is 12.3. The van der Waals surface area contributed by atoms with E-state index < -0.39 is 0 Å². The number of rotatable bonds is 5. The Morgan fingerprint density at radius 1 is 1.38 bits per heavy atom. The summed E-state index contributed by atoms with van der Waals surface area (Å²) in [5, 5.41) is 15.1. The molecular formula is C18H24N4O2. The molecule has 2 amide bonds. The van der Waals surface area contributed by atoms with Gasteiger partial charge in [0.05, 0.1) is 17.1 Å². The monoisotopic (exact) mass is 328 g/mol. The Kier molecular flexibility index (Phi) is 4.85. The fourth-order valence-corrected chi connectivity index (χ4v) is 3.04. The number of hydrogen-bond acceptors (Lipinski definition) is 3. The first-order valence-corrected chi connectivity index (χ1v) is 8.37. The van der Waals surface area contributed by atoms with Gasteiger partial charge in [0, 0.05) is 18.6 Å². The number of H-pyrrole nitrogens is 1. The number of nitrogens with one attached hydrogen (secondary N) is 3. The summed E-state index contributed by atoms with van der Waals surface area (Å²) in [6.45, 7) is 4.22. The molecule has 1 aromatic carbocycles. The molecule has 24 heavy (non-hydrogen) atoms. The molecule has 1 aliphatic carbocycles. The zero-order valence-electron chi connectivity index (χ0n) is 14.0. The van der Waals surface area contributed by atoms with E-state index >= 15 is 0 Å². The molecule has 0 aliphatic heterocycles. The SMILES string of the molecule is CC(C)C(NC(=O)N[C@@H]1C=C[C@H](CO)C1)c1nc2ccccc2[nH]1. The predicted molar refractivity (Wildman–Crippen MR) is 93.5 cm³/mol. The fraction of sp³-hybridized carbons (Fsp3) is 0.444. The van der Waals surface area contributed by atoms with Crippen LogP contribution in [0.2, 0.25) is 0 Å². The molecule has 1 aliphatic rings. The first kappa shape index (κ1) is 16.5. The number of imidazole rings is 1. The summed E-state index contributed by atoms with van der Waals surface area (Å²) in [4.78, 5) is 20.2. The van der Waals surface area contributed by atoms with E-state index in [0.717, 1.165) is 23.3 Å². The van der Waals surface area contributed by atoms with Crippen LogP contribution in [0.5, 0.6) is 0 Å². The van der Waals surface area contributed by atoms with Gasteiger partial charge in [-0.25, -0.2) is 9.78 Å². The van der Waals surface area contributed by atoms with Crippen molar-refractivity contribution in [1.82, 2.24) is 20.6 Å². The average molecular weight is 328 g/mol. The van der Waals surface area contributed by atoms with Crippen LogP contribution in [0.3, 0.4) is 0 Å². The number of carbonyl (C=O) groups excluding carboxylic acids is 1. The van der Waals surface area contributed by atoms with E-state index in [9.17, 15) is 4.79 Å². The van der Waals surface area contributed by atoms with Crippen molar-refractivity contribution in [2.45, 2.75) is 32.4 Å². The van der Waals surface area contributed by atoms with E-state index in [1.165, 1.54) is 0 Å². The van der Waals surface area contributed by atoms with Gasteiger partial charge in [0.15, 0.2) is 0 Å². The van der Waals surface area contributed by atoms with Crippen LogP contribution >= 0.6 is 0 Å². The second-order valence-electron chi connectivity index (χ2n) is 6.65. The molecule has 3 rings (SSSR count). The van der Waals surface area contributed by atoms with Gasteiger partial charge < -0.3 is 20.7 Å². The van der Waals surface area contributed by atoms with Crippen molar-refractivity contribution >= 4 is 17.1 Å². The Morgan fingerprint density at radius 2 is 2.17 bits per heavy atom. The maximum absolute atomic E-state index is 12.3. The average Bonchev–Trinajstić information content (AvgIpc) is 3.18. The quantitative estimate of drug-likeness (QED) is 0.636. The lowest BCUT2D eigenvalue weighted by atomic mass is 10.0. The topological polar surface area (TPSA) is 90.0 Å². The Morgan fingerprint density at radius 3 is 2.83 bits per heavy atom. The largest absolute Gasteiger partial charge is 0.396 e. The molecule has 0 fully saturated rings. The summed E-state index contributed by atoms with van der Waals surface area (Å²) in [5.41, 5.74) is 1.86. The standard InChI is InChI=1S/C18H24N4O2/c1-11(2)16(17-20-14-5-3-4-6-15(14)21-17)22-18(24)19-13-8-7-12(9-13)10-23/h3-8,11-13,16,23H,9-10H2,1-2H3,(H,20,21)(H2,19,22,24)/t12-,13+,16?/m0/s1. The highest BCUT2D eigenvalue weighted by molar-refractivity contribution is 5.76. The molecule has 1 unspecified atom stereocenters. The lowest BCUT2D eigenvalue weighted by molar-refractivity contribution is 0.225. The van der Waals surface area contributed by atoms with Crippen LogP contribution in [-0.2, 0) is 0 Å². The van der Waals surface area contributed by atoms with Crippen LogP contribution < -0.4 is 10.6 Å². The van der Waals surface area contributed by atoms with Crippen LogP contribution in [0, 0.1) is 11.8 Å². The van der Waals surface area contributed by atoms with E-state index in [2.05, 4.69) is 34.4 Å². The van der Waals surface area contributed by atoms with Gasteiger partial charge in [-0.05, 0) is 24.5 Å². The Labute approximate surface area is 141 Å². The van der Waals surface area contributed by atoms with Crippen molar-refractivity contribution in [3.05, 3.63) is 42.2 Å². The Hall–Kier alpha value is -2.34. The van der Waals surface area contributed by atoms with Crippen LogP contribution in [-0.4, -0.2) is 33.8 Å². The van der Waals surface area contributed by atoms with Crippen molar-refractivity contribution in [3.63, 3.8) is 0 Å². The number of carbonyl (C=O) groups is 1. The molecule has 0 saturated carbocycles. The van der Waals surface area contributed by atoms with Crippen molar-refractivity contribution < 1.29 is 9.90 Å². The first-order chi connectivity index (χ1) is 11.6. The molecule has 1 heterocycles. The number of aliphatic hydroxyl groups is 1. The van der Waals surface area contributed by atoms with Crippen LogP contribution in [0.25, 0.3) is 11.0 Å². The number of nitrogens with zero attached hydrogens (tertiary/aromatic N) is 1. The molecule has 0 spiro atoms. The van der Waals surface area contributed by atoms with Gasteiger partial charge in [-0.1, -0.05) is 38.1 Å². The number of hydrogen-bond donors (Lipinski definition) is 4. The molecule has 0 bridgehead atoms. The van der Waals surface area contributed by atoms with E-state index in [4.69, 9.17) is 5.11 Å². The number of urea groups is 1. The van der Waals surface area contributed by atoms with E-state index in [-0.39, 0.29) is 36.6 Å². The van der Waals surface area contributed by atoms with Gasteiger partial charge in [0.1, 0.15) is 5.82 Å². The molecule has 6 heteroatoms. The van der Waals surface area contributed by atoms with Crippen LogP contribution in [0.1, 0.15) is 32.1 Å². The highest BCUT2D eigenvalue weighted by Crippen LogP contribution is 2.22.